The molecule has 0 bridgehead atoms. The molecule has 0 aromatic rings. The van der Waals surface area contributed by atoms with E-state index < -0.39 is 9.84 Å². The number of sulfone groups is 1. The highest BCUT2D eigenvalue weighted by atomic mass is 32.2. The molecule has 96 valence electrons. The van der Waals surface area contributed by atoms with E-state index >= 15 is 0 Å². The number of nitriles is 1. The smallest absolute Gasteiger partial charge is 0.153 e. The minimum atomic E-state index is -2.85. The van der Waals surface area contributed by atoms with Gasteiger partial charge in [0, 0.05) is 18.6 Å². The zero-order valence-corrected chi connectivity index (χ0v) is 11.1. The second kappa shape index (κ2) is 4.95. The Morgan fingerprint density at radius 2 is 2.00 bits per heavy atom. The van der Waals surface area contributed by atoms with Gasteiger partial charge in [-0.3, -0.25) is 4.90 Å². The third-order valence-electron chi connectivity index (χ3n) is 4.04. The van der Waals surface area contributed by atoms with Crippen LogP contribution in [-0.4, -0.2) is 43.5 Å². The van der Waals surface area contributed by atoms with E-state index in [4.69, 9.17) is 0 Å². The van der Waals surface area contributed by atoms with Gasteiger partial charge in [-0.1, -0.05) is 12.8 Å². The molecule has 2 fully saturated rings. The summed E-state index contributed by atoms with van der Waals surface area (Å²) in [7, 11) is -2.85. The molecule has 0 aromatic carbocycles. The van der Waals surface area contributed by atoms with Crippen LogP contribution >= 0.6 is 0 Å². The summed E-state index contributed by atoms with van der Waals surface area (Å²) in [5, 5.41) is 9.19. The van der Waals surface area contributed by atoms with Crippen molar-refractivity contribution in [3.05, 3.63) is 0 Å². The highest BCUT2D eigenvalue weighted by Gasteiger charge is 2.37. The first-order valence-electron chi connectivity index (χ1n) is 6.39. The summed E-state index contributed by atoms with van der Waals surface area (Å²) in [6, 6.07) is 2.74. The van der Waals surface area contributed by atoms with Crippen molar-refractivity contribution in [3.63, 3.8) is 0 Å². The average Bonchev–Trinajstić information content (AvgIpc) is 2.28. The van der Waals surface area contributed by atoms with Crippen molar-refractivity contribution in [2.45, 2.75) is 44.7 Å². The Morgan fingerprint density at radius 3 is 2.65 bits per heavy atom. The van der Waals surface area contributed by atoms with Crippen LogP contribution in [0.3, 0.4) is 0 Å². The van der Waals surface area contributed by atoms with Gasteiger partial charge in [0.2, 0.25) is 0 Å². The molecule has 0 N–H and O–H groups in total. The molecular weight excluding hydrogens is 236 g/mol. The normalized spacial score (nSPS) is 38.5. The molecule has 1 aliphatic carbocycles. The molecule has 0 amide bonds. The topological polar surface area (TPSA) is 61.2 Å². The first kappa shape index (κ1) is 12.8. The molecule has 1 saturated heterocycles. The van der Waals surface area contributed by atoms with Crippen LogP contribution in [0.5, 0.6) is 0 Å². The van der Waals surface area contributed by atoms with Crippen LogP contribution < -0.4 is 0 Å². The molecule has 5 heteroatoms. The summed E-state index contributed by atoms with van der Waals surface area (Å²) in [6.07, 6.45) is 4.31. The second-order valence-corrected chi connectivity index (χ2v) is 7.52. The molecule has 2 rings (SSSR count). The van der Waals surface area contributed by atoms with Gasteiger partial charge in [-0.05, 0) is 19.8 Å². The summed E-state index contributed by atoms with van der Waals surface area (Å²) in [5.74, 6) is 0.597. The standard InChI is InChI=1S/C12H20N2O2S/c1-10-9-17(15,16)7-6-14(10)12-5-3-2-4-11(12)8-13/h10-12H,2-7,9H2,1H3. The fourth-order valence-corrected chi connectivity index (χ4v) is 4.75. The molecule has 0 aromatic heterocycles. The third-order valence-corrected chi connectivity index (χ3v) is 5.84. The minimum Gasteiger partial charge on any atom is -0.294 e. The maximum Gasteiger partial charge on any atom is 0.153 e. The van der Waals surface area contributed by atoms with Crippen LogP contribution in [0.15, 0.2) is 0 Å². The van der Waals surface area contributed by atoms with Gasteiger partial charge in [-0.15, -0.1) is 0 Å². The van der Waals surface area contributed by atoms with Crippen LogP contribution in [0.25, 0.3) is 0 Å². The minimum absolute atomic E-state index is 0.0627. The zero-order chi connectivity index (χ0) is 12.5. The van der Waals surface area contributed by atoms with Gasteiger partial charge >= 0.3 is 0 Å². The van der Waals surface area contributed by atoms with Crippen LogP contribution in [0.1, 0.15) is 32.6 Å². The molecule has 3 unspecified atom stereocenters. The Hall–Kier alpha value is -0.600. The molecule has 17 heavy (non-hydrogen) atoms. The monoisotopic (exact) mass is 256 g/mol. The lowest BCUT2D eigenvalue weighted by Gasteiger charge is -2.42. The van der Waals surface area contributed by atoms with Crippen LogP contribution in [0.2, 0.25) is 0 Å². The van der Waals surface area contributed by atoms with Gasteiger partial charge in [0.05, 0.1) is 23.5 Å². The number of rotatable bonds is 1. The van der Waals surface area contributed by atoms with Crippen molar-refractivity contribution in [3.8, 4) is 6.07 Å². The largest absolute Gasteiger partial charge is 0.294 e. The van der Waals surface area contributed by atoms with Crippen molar-refractivity contribution in [2.75, 3.05) is 18.1 Å². The average molecular weight is 256 g/mol. The predicted octanol–water partition coefficient (Wildman–Crippen LogP) is 1.19. The van der Waals surface area contributed by atoms with Gasteiger partial charge in [0.25, 0.3) is 0 Å². The molecule has 1 heterocycles. The molecule has 3 atom stereocenters. The lowest BCUT2D eigenvalue weighted by Crippen LogP contribution is -2.54. The second-order valence-electron chi connectivity index (χ2n) is 5.29. The highest BCUT2D eigenvalue weighted by Crippen LogP contribution is 2.30. The molecule has 0 spiro atoms. The first-order chi connectivity index (χ1) is 8.03. The molecule has 2 aliphatic rings. The van der Waals surface area contributed by atoms with Gasteiger partial charge < -0.3 is 0 Å². The number of hydrogen-bond acceptors (Lipinski definition) is 4. The summed E-state index contributed by atoms with van der Waals surface area (Å²) in [5.41, 5.74) is 0. The van der Waals surface area contributed by atoms with E-state index in [0.717, 1.165) is 19.3 Å². The summed E-state index contributed by atoms with van der Waals surface area (Å²) in [6.45, 7) is 2.58. The molecule has 1 aliphatic heterocycles. The Kier molecular flexibility index (Phi) is 3.74. The summed E-state index contributed by atoms with van der Waals surface area (Å²) >= 11 is 0. The third kappa shape index (κ3) is 2.80. The fraction of sp³-hybridized carbons (Fsp3) is 0.917. The van der Waals surface area contributed by atoms with Crippen molar-refractivity contribution in [2.24, 2.45) is 5.92 Å². The Balaban J connectivity index is 2.09. The lowest BCUT2D eigenvalue weighted by molar-refractivity contribution is 0.0989. The van der Waals surface area contributed by atoms with Crippen LogP contribution in [0.4, 0.5) is 0 Å². The van der Waals surface area contributed by atoms with E-state index in [9.17, 15) is 13.7 Å². The maximum atomic E-state index is 11.5. The van der Waals surface area contributed by atoms with Gasteiger partial charge in [0.15, 0.2) is 9.84 Å². The lowest BCUT2D eigenvalue weighted by atomic mass is 9.84. The van der Waals surface area contributed by atoms with Gasteiger partial charge in [-0.2, -0.15) is 5.26 Å². The van der Waals surface area contributed by atoms with E-state index in [1.54, 1.807) is 0 Å². The fourth-order valence-electron chi connectivity index (χ4n) is 3.16. The Labute approximate surface area is 104 Å². The highest BCUT2D eigenvalue weighted by molar-refractivity contribution is 7.91. The van der Waals surface area contributed by atoms with E-state index in [2.05, 4.69) is 11.0 Å². The maximum absolute atomic E-state index is 11.5. The number of nitrogens with zero attached hydrogens (tertiary/aromatic N) is 2. The van der Waals surface area contributed by atoms with Gasteiger partial charge in [0.1, 0.15) is 0 Å². The van der Waals surface area contributed by atoms with Crippen molar-refractivity contribution in [1.29, 1.82) is 5.26 Å². The summed E-state index contributed by atoms with van der Waals surface area (Å²) in [4.78, 5) is 2.26. The quantitative estimate of drug-likeness (QED) is 0.707. The van der Waals surface area contributed by atoms with Gasteiger partial charge in [-0.25, -0.2) is 8.42 Å². The summed E-state index contributed by atoms with van der Waals surface area (Å²) < 4.78 is 23.1. The predicted molar refractivity (Wildman–Crippen MR) is 66.2 cm³/mol. The van der Waals surface area contributed by atoms with Crippen molar-refractivity contribution < 1.29 is 8.42 Å². The Morgan fingerprint density at radius 1 is 1.29 bits per heavy atom. The van der Waals surface area contributed by atoms with E-state index in [-0.39, 0.29) is 29.5 Å². The van der Waals surface area contributed by atoms with Crippen molar-refractivity contribution in [1.82, 2.24) is 4.90 Å². The molecular formula is C12H20N2O2S. The SMILES string of the molecule is CC1CS(=O)(=O)CCN1C1CCCCC1C#N. The molecule has 4 nitrogen and oxygen atoms in total. The number of hydrogen-bond donors (Lipinski definition) is 0. The van der Waals surface area contributed by atoms with E-state index in [1.165, 1.54) is 6.42 Å². The van der Waals surface area contributed by atoms with Crippen LogP contribution in [0, 0.1) is 17.2 Å². The van der Waals surface area contributed by atoms with Crippen LogP contribution in [-0.2, 0) is 9.84 Å². The first-order valence-corrected chi connectivity index (χ1v) is 8.21. The Bertz CT molecular complexity index is 413. The van der Waals surface area contributed by atoms with Crippen molar-refractivity contribution >= 4 is 9.84 Å². The van der Waals surface area contributed by atoms with E-state index in [0.29, 0.717) is 6.54 Å². The van der Waals surface area contributed by atoms with E-state index in [1.807, 2.05) is 6.92 Å². The molecule has 0 radical (unpaired) electrons. The zero-order valence-electron chi connectivity index (χ0n) is 10.3. The molecule has 1 saturated carbocycles.